The Morgan fingerprint density at radius 1 is 1.18 bits per heavy atom. The van der Waals surface area contributed by atoms with E-state index in [-0.39, 0.29) is 0 Å². The highest BCUT2D eigenvalue weighted by Gasteiger charge is 2.30. The second kappa shape index (κ2) is 5.71. The predicted octanol–water partition coefficient (Wildman–Crippen LogP) is 2.89. The highest BCUT2D eigenvalue weighted by Crippen LogP contribution is 2.31. The minimum Gasteiger partial charge on any atom is -0.317 e. The van der Waals surface area contributed by atoms with Crippen molar-refractivity contribution in [2.45, 2.75) is 58.4 Å². The molecule has 2 aliphatic rings. The van der Waals surface area contributed by atoms with Gasteiger partial charge in [0, 0.05) is 19.1 Å². The van der Waals surface area contributed by atoms with Crippen LogP contribution in [0.1, 0.15) is 52.4 Å². The van der Waals surface area contributed by atoms with Crippen molar-refractivity contribution in [1.29, 1.82) is 0 Å². The topological polar surface area (TPSA) is 15.3 Å². The summed E-state index contributed by atoms with van der Waals surface area (Å²) in [6, 6.07) is 0.772. The van der Waals surface area contributed by atoms with Gasteiger partial charge in [0.2, 0.25) is 0 Å². The molecule has 2 heteroatoms. The lowest BCUT2D eigenvalue weighted by Gasteiger charge is -2.42. The van der Waals surface area contributed by atoms with Crippen molar-refractivity contribution in [2.24, 2.45) is 11.3 Å². The SMILES string of the molecule is CNC1CCCCC1CN1CCCC(C)(C)C1. The summed E-state index contributed by atoms with van der Waals surface area (Å²) >= 11 is 0. The molecule has 1 aliphatic heterocycles. The Labute approximate surface area is 107 Å². The zero-order chi connectivity index (χ0) is 12.3. The molecule has 1 heterocycles. The molecule has 1 saturated heterocycles. The van der Waals surface area contributed by atoms with Crippen LogP contribution in [0.2, 0.25) is 0 Å². The van der Waals surface area contributed by atoms with Crippen molar-refractivity contribution in [2.75, 3.05) is 26.7 Å². The molecule has 0 aromatic rings. The molecule has 2 fully saturated rings. The van der Waals surface area contributed by atoms with Gasteiger partial charge in [-0.3, -0.25) is 0 Å². The number of nitrogens with one attached hydrogen (secondary N) is 1. The molecular weight excluding hydrogens is 208 g/mol. The van der Waals surface area contributed by atoms with Crippen LogP contribution in [0.4, 0.5) is 0 Å². The Hall–Kier alpha value is -0.0800. The van der Waals surface area contributed by atoms with Crippen LogP contribution in [0, 0.1) is 11.3 Å². The van der Waals surface area contributed by atoms with Gasteiger partial charge in [-0.05, 0) is 50.6 Å². The van der Waals surface area contributed by atoms with Gasteiger partial charge < -0.3 is 10.2 Å². The van der Waals surface area contributed by atoms with Crippen LogP contribution < -0.4 is 5.32 Å². The first-order valence-corrected chi connectivity index (χ1v) is 7.50. The maximum absolute atomic E-state index is 3.54. The van der Waals surface area contributed by atoms with Gasteiger partial charge in [0.15, 0.2) is 0 Å². The van der Waals surface area contributed by atoms with Gasteiger partial charge in [-0.15, -0.1) is 0 Å². The van der Waals surface area contributed by atoms with E-state index in [0.717, 1.165) is 12.0 Å². The first-order chi connectivity index (χ1) is 8.11. The average Bonchev–Trinajstić information content (AvgIpc) is 2.28. The van der Waals surface area contributed by atoms with Crippen molar-refractivity contribution in [3.05, 3.63) is 0 Å². The number of hydrogen-bond donors (Lipinski definition) is 1. The largest absolute Gasteiger partial charge is 0.317 e. The van der Waals surface area contributed by atoms with Crippen LogP contribution >= 0.6 is 0 Å². The average molecular weight is 238 g/mol. The van der Waals surface area contributed by atoms with Crippen molar-refractivity contribution in [3.63, 3.8) is 0 Å². The van der Waals surface area contributed by atoms with Crippen molar-refractivity contribution >= 4 is 0 Å². The molecular formula is C15H30N2. The Kier molecular flexibility index (Phi) is 4.48. The molecule has 2 atom stereocenters. The molecule has 100 valence electrons. The summed E-state index contributed by atoms with van der Waals surface area (Å²) in [4.78, 5) is 2.73. The van der Waals surface area contributed by atoms with Gasteiger partial charge >= 0.3 is 0 Å². The van der Waals surface area contributed by atoms with E-state index in [1.54, 1.807) is 0 Å². The number of hydrogen-bond acceptors (Lipinski definition) is 2. The minimum absolute atomic E-state index is 0.544. The molecule has 1 saturated carbocycles. The van der Waals surface area contributed by atoms with Gasteiger partial charge in [0.1, 0.15) is 0 Å². The zero-order valence-electron chi connectivity index (χ0n) is 12.0. The van der Waals surface area contributed by atoms with Crippen molar-refractivity contribution in [3.8, 4) is 0 Å². The van der Waals surface area contributed by atoms with Gasteiger partial charge in [0.25, 0.3) is 0 Å². The van der Waals surface area contributed by atoms with Crippen LogP contribution in [0.3, 0.4) is 0 Å². The van der Waals surface area contributed by atoms with E-state index in [1.165, 1.54) is 58.2 Å². The number of rotatable bonds is 3. The lowest BCUT2D eigenvalue weighted by atomic mass is 9.81. The lowest BCUT2D eigenvalue weighted by Crippen LogP contribution is -2.47. The summed E-state index contributed by atoms with van der Waals surface area (Å²) in [7, 11) is 2.14. The highest BCUT2D eigenvalue weighted by molar-refractivity contribution is 4.86. The second-order valence-electron chi connectivity index (χ2n) is 6.94. The summed E-state index contributed by atoms with van der Waals surface area (Å²) in [5, 5.41) is 3.54. The summed E-state index contributed by atoms with van der Waals surface area (Å²) in [6.45, 7) is 8.82. The smallest absolute Gasteiger partial charge is 0.0104 e. The molecule has 0 bridgehead atoms. The predicted molar refractivity (Wildman–Crippen MR) is 74.3 cm³/mol. The molecule has 0 aromatic carbocycles. The molecule has 2 unspecified atom stereocenters. The third-order valence-electron chi connectivity index (χ3n) is 4.75. The first kappa shape index (κ1) is 13.4. The molecule has 17 heavy (non-hydrogen) atoms. The van der Waals surface area contributed by atoms with Crippen LogP contribution in [0.5, 0.6) is 0 Å². The Balaban J connectivity index is 1.86. The standard InChI is InChI=1S/C15H30N2/c1-15(2)9-6-10-17(12-15)11-13-7-4-5-8-14(13)16-3/h13-14,16H,4-12H2,1-3H3. The van der Waals surface area contributed by atoms with E-state index in [0.29, 0.717) is 5.41 Å². The van der Waals surface area contributed by atoms with E-state index in [9.17, 15) is 0 Å². The molecule has 0 spiro atoms. The summed E-state index contributed by atoms with van der Waals surface area (Å²) in [6.07, 6.45) is 8.49. The van der Waals surface area contributed by atoms with Gasteiger partial charge in [-0.25, -0.2) is 0 Å². The molecule has 1 aliphatic carbocycles. The Morgan fingerprint density at radius 3 is 2.65 bits per heavy atom. The fourth-order valence-electron chi connectivity index (χ4n) is 3.84. The normalized spacial score (nSPS) is 34.8. The second-order valence-corrected chi connectivity index (χ2v) is 6.94. The fourth-order valence-corrected chi connectivity index (χ4v) is 3.84. The summed E-state index contributed by atoms with van der Waals surface area (Å²) < 4.78 is 0. The van der Waals surface area contributed by atoms with Crippen molar-refractivity contribution in [1.82, 2.24) is 10.2 Å². The van der Waals surface area contributed by atoms with Crippen LogP contribution in [0.15, 0.2) is 0 Å². The molecule has 2 rings (SSSR count). The summed E-state index contributed by atoms with van der Waals surface area (Å²) in [5.41, 5.74) is 0.544. The van der Waals surface area contributed by atoms with Gasteiger partial charge in [-0.2, -0.15) is 0 Å². The highest BCUT2D eigenvalue weighted by atomic mass is 15.1. The maximum Gasteiger partial charge on any atom is 0.0104 e. The maximum atomic E-state index is 3.54. The lowest BCUT2D eigenvalue weighted by molar-refractivity contribution is 0.0853. The van der Waals surface area contributed by atoms with Gasteiger partial charge in [0.05, 0.1) is 0 Å². The van der Waals surface area contributed by atoms with Crippen molar-refractivity contribution < 1.29 is 0 Å². The Morgan fingerprint density at radius 2 is 1.94 bits per heavy atom. The third-order valence-corrected chi connectivity index (χ3v) is 4.75. The van der Waals surface area contributed by atoms with E-state index in [1.807, 2.05) is 0 Å². The monoisotopic (exact) mass is 238 g/mol. The Bertz CT molecular complexity index is 237. The first-order valence-electron chi connectivity index (χ1n) is 7.50. The third kappa shape index (κ3) is 3.69. The fraction of sp³-hybridized carbons (Fsp3) is 1.00. The minimum atomic E-state index is 0.544. The number of likely N-dealkylation sites (tertiary alicyclic amines) is 1. The number of piperidine rings is 1. The molecule has 1 N–H and O–H groups in total. The van der Waals surface area contributed by atoms with E-state index in [2.05, 4.69) is 31.1 Å². The molecule has 2 nitrogen and oxygen atoms in total. The van der Waals surface area contributed by atoms with E-state index < -0.39 is 0 Å². The number of nitrogens with zero attached hydrogens (tertiary/aromatic N) is 1. The van der Waals surface area contributed by atoms with Crippen LogP contribution in [-0.4, -0.2) is 37.6 Å². The van der Waals surface area contributed by atoms with Gasteiger partial charge in [-0.1, -0.05) is 26.7 Å². The quantitative estimate of drug-likeness (QED) is 0.813. The van der Waals surface area contributed by atoms with Crippen LogP contribution in [-0.2, 0) is 0 Å². The molecule has 0 radical (unpaired) electrons. The zero-order valence-corrected chi connectivity index (χ0v) is 12.0. The van der Waals surface area contributed by atoms with E-state index >= 15 is 0 Å². The van der Waals surface area contributed by atoms with Crippen LogP contribution in [0.25, 0.3) is 0 Å². The molecule has 0 amide bonds. The summed E-state index contributed by atoms with van der Waals surface area (Å²) in [5.74, 6) is 0.891. The van der Waals surface area contributed by atoms with E-state index in [4.69, 9.17) is 0 Å². The molecule has 0 aromatic heterocycles.